The largest absolute Gasteiger partial charge is 0.479 e. The summed E-state index contributed by atoms with van der Waals surface area (Å²) in [5.74, 6) is -2.29. The number of carboxylic acid groups (broad SMARTS) is 1. The van der Waals surface area contributed by atoms with E-state index in [2.05, 4.69) is 20.8 Å². The van der Waals surface area contributed by atoms with Gasteiger partial charge >= 0.3 is 5.97 Å². The molecule has 2 heterocycles. The van der Waals surface area contributed by atoms with E-state index in [1.807, 2.05) is 12.1 Å². The maximum absolute atomic E-state index is 13.4. The molecule has 0 spiro atoms. The van der Waals surface area contributed by atoms with Gasteiger partial charge in [0.15, 0.2) is 11.2 Å². The molecule has 0 aliphatic carbocycles. The van der Waals surface area contributed by atoms with Crippen LogP contribution in [0.1, 0.15) is 22.2 Å². The quantitative estimate of drug-likeness (QED) is 0.281. The zero-order valence-corrected chi connectivity index (χ0v) is 18.8. The number of carboxylic acids is 1. The highest BCUT2D eigenvalue weighted by Crippen LogP contribution is 2.30. The van der Waals surface area contributed by atoms with Gasteiger partial charge in [-0.25, -0.2) is 14.2 Å². The van der Waals surface area contributed by atoms with E-state index in [1.54, 1.807) is 48.5 Å². The lowest BCUT2D eigenvalue weighted by molar-refractivity contribution is -0.139. The van der Waals surface area contributed by atoms with Crippen LogP contribution in [0.5, 0.6) is 0 Å². The lowest BCUT2D eigenvalue weighted by atomic mass is 10.1. The molecule has 8 nitrogen and oxygen atoms in total. The summed E-state index contributed by atoms with van der Waals surface area (Å²) in [5, 5.41) is 19.7. The number of hydrogen-bond acceptors (Lipinski definition) is 7. The summed E-state index contributed by atoms with van der Waals surface area (Å²) in [5.41, 5.74) is 3.03. The van der Waals surface area contributed by atoms with Crippen molar-refractivity contribution in [1.82, 2.24) is 15.5 Å². The Morgan fingerprint density at radius 3 is 2.51 bits per heavy atom. The minimum atomic E-state index is -1.22. The zero-order chi connectivity index (χ0) is 24.4. The molecule has 35 heavy (non-hydrogen) atoms. The molecule has 0 aliphatic rings. The SMILES string of the molecule is O=C(N[C@H](C(=O)O)c1ccccc1)c1cc(-c2ccc(Nc3nc4ccc(F)cc4s3)cc2)no1. The van der Waals surface area contributed by atoms with E-state index in [-0.39, 0.29) is 11.6 Å². The predicted molar refractivity (Wildman–Crippen MR) is 129 cm³/mol. The Bertz CT molecular complexity index is 1520. The Morgan fingerprint density at radius 2 is 1.77 bits per heavy atom. The number of carbonyl (C=O) groups excluding carboxylic acids is 1. The summed E-state index contributed by atoms with van der Waals surface area (Å²) in [7, 11) is 0. The van der Waals surface area contributed by atoms with Gasteiger partial charge in [-0.2, -0.15) is 0 Å². The van der Waals surface area contributed by atoms with Crippen LogP contribution in [0.25, 0.3) is 21.5 Å². The molecule has 0 saturated heterocycles. The molecule has 10 heteroatoms. The molecular weight excluding hydrogens is 471 g/mol. The predicted octanol–water partition coefficient (Wildman–Crippen LogP) is 5.39. The molecule has 1 amide bonds. The van der Waals surface area contributed by atoms with Gasteiger partial charge < -0.3 is 20.3 Å². The van der Waals surface area contributed by atoms with Crippen LogP contribution in [0.15, 0.2) is 83.4 Å². The summed E-state index contributed by atoms with van der Waals surface area (Å²) in [4.78, 5) is 28.7. The molecule has 0 radical (unpaired) electrons. The van der Waals surface area contributed by atoms with Crippen LogP contribution in [-0.4, -0.2) is 27.1 Å². The van der Waals surface area contributed by atoms with Crippen molar-refractivity contribution in [3.63, 3.8) is 0 Å². The van der Waals surface area contributed by atoms with Gasteiger partial charge in [0.2, 0.25) is 5.76 Å². The molecular formula is C25H17FN4O4S. The molecule has 5 aromatic rings. The number of carbonyl (C=O) groups is 2. The number of benzene rings is 3. The molecule has 3 N–H and O–H groups in total. The molecule has 0 bridgehead atoms. The second-order valence-corrected chi connectivity index (χ2v) is 8.60. The second kappa shape index (κ2) is 9.35. The fraction of sp³-hybridized carbons (Fsp3) is 0.0400. The third-order valence-corrected chi connectivity index (χ3v) is 6.11. The van der Waals surface area contributed by atoms with Crippen molar-refractivity contribution in [2.75, 3.05) is 5.32 Å². The van der Waals surface area contributed by atoms with Crippen LogP contribution in [0.4, 0.5) is 15.2 Å². The highest BCUT2D eigenvalue weighted by Gasteiger charge is 2.24. The number of halogens is 1. The van der Waals surface area contributed by atoms with Gasteiger partial charge in [0.25, 0.3) is 5.91 Å². The van der Waals surface area contributed by atoms with E-state index in [1.165, 1.54) is 29.5 Å². The lowest BCUT2D eigenvalue weighted by Crippen LogP contribution is -2.33. The molecule has 1 atom stereocenters. The minimum absolute atomic E-state index is 0.105. The van der Waals surface area contributed by atoms with E-state index >= 15 is 0 Å². The smallest absolute Gasteiger partial charge is 0.330 e. The number of aliphatic carboxylic acids is 1. The Morgan fingerprint density at radius 1 is 1.00 bits per heavy atom. The number of aromatic nitrogens is 2. The van der Waals surface area contributed by atoms with Crippen molar-refractivity contribution < 1.29 is 23.6 Å². The maximum atomic E-state index is 13.4. The van der Waals surface area contributed by atoms with Gasteiger partial charge in [0, 0.05) is 17.3 Å². The molecule has 0 fully saturated rings. The van der Waals surface area contributed by atoms with Crippen molar-refractivity contribution in [2.24, 2.45) is 0 Å². The summed E-state index contributed by atoms with van der Waals surface area (Å²) in [6.45, 7) is 0. The van der Waals surface area contributed by atoms with Crippen LogP contribution in [0.3, 0.4) is 0 Å². The minimum Gasteiger partial charge on any atom is -0.479 e. The Hall–Kier alpha value is -4.57. The number of hydrogen-bond donors (Lipinski definition) is 3. The highest BCUT2D eigenvalue weighted by molar-refractivity contribution is 7.22. The van der Waals surface area contributed by atoms with E-state index in [9.17, 15) is 19.1 Å². The molecule has 174 valence electrons. The van der Waals surface area contributed by atoms with Crippen LogP contribution in [-0.2, 0) is 4.79 Å². The third-order valence-electron chi connectivity index (χ3n) is 5.17. The summed E-state index contributed by atoms with van der Waals surface area (Å²) < 4.78 is 19.3. The number of amides is 1. The van der Waals surface area contributed by atoms with Crippen LogP contribution in [0.2, 0.25) is 0 Å². The Kier molecular flexibility index (Phi) is 5.94. The first-order valence-corrected chi connectivity index (χ1v) is 11.3. The number of nitrogens with one attached hydrogen (secondary N) is 2. The van der Waals surface area contributed by atoms with Crippen LogP contribution in [0, 0.1) is 5.82 Å². The number of nitrogens with zero attached hydrogens (tertiary/aromatic N) is 2. The molecule has 0 aliphatic heterocycles. The van der Waals surface area contributed by atoms with Crippen LogP contribution >= 0.6 is 11.3 Å². The number of thiazole rings is 1. The molecule has 3 aromatic carbocycles. The first-order valence-electron chi connectivity index (χ1n) is 10.5. The molecule has 0 unspecified atom stereocenters. The number of rotatable bonds is 7. The number of fused-ring (bicyclic) bond motifs is 1. The summed E-state index contributed by atoms with van der Waals surface area (Å²) in [6.07, 6.45) is 0. The van der Waals surface area contributed by atoms with E-state index in [0.29, 0.717) is 27.5 Å². The topological polar surface area (TPSA) is 117 Å². The van der Waals surface area contributed by atoms with Gasteiger partial charge in [-0.1, -0.05) is 59.0 Å². The van der Waals surface area contributed by atoms with Crippen molar-refractivity contribution in [1.29, 1.82) is 0 Å². The van der Waals surface area contributed by atoms with E-state index < -0.39 is 17.9 Å². The Labute approximate surface area is 202 Å². The van der Waals surface area contributed by atoms with E-state index in [0.717, 1.165) is 10.4 Å². The van der Waals surface area contributed by atoms with Crippen molar-refractivity contribution in [3.05, 3.63) is 96.0 Å². The lowest BCUT2D eigenvalue weighted by Gasteiger charge is -2.13. The van der Waals surface area contributed by atoms with Gasteiger partial charge in [-0.05, 0) is 35.9 Å². The molecule has 0 saturated carbocycles. The third kappa shape index (κ3) is 4.87. The van der Waals surface area contributed by atoms with E-state index in [4.69, 9.17) is 4.52 Å². The maximum Gasteiger partial charge on any atom is 0.330 e. The first kappa shape index (κ1) is 22.2. The van der Waals surface area contributed by atoms with Crippen molar-refractivity contribution in [2.45, 2.75) is 6.04 Å². The number of anilines is 2. The monoisotopic (exact) mass is 488 g/mol. The van der Waals surface area contributed by atoms with Crippen molar-refractivity contribution in [3.8, 4) is 11.3 Å². The second-order valence-electron chi connectivity index (χ2n) is 7.57. The summed E-state index contributed by atoms with van der Waals surface area (Å²) in [6, 6.07) is 20.3. The fourth-order valence-electron chi connectivity index (χ4n) is 3.45. The average Bonchev–Trinajstić information content (AvgIpc) is 3.50. The van der Waals surface area contributed by atoms with Gasteiger partial charge in [-0.3, -0.25) is 4.79 Å². The molecule has 2 aromatic heterocycles. The molecule has 5 rings (SSSR count). The summed E-state index contributed by atoms with van der Waals surface area (Å²) >= 11 is 1.34. The van der Waals surface area contributed by atoms with Crippen LogP contribution < -0.4 is 10.6 Å². The van der Waals surface area contributed by atoms with Crippen molar-refractivity contribution >= 4 is 44.2 Å². The Balaban J connectivity index is 1.28. The highest BCUT2D eigenvalue weighted by atomic mass is 32.1. The average molecular weight is 489 g/mol. The van der Waals surface area contributed by atoms with Gasteiger partial charge in [0.05, 0.1) is 10.2 Å². The zero-order valence-electron chi connectivity index (χ0n) is 17.9. The normalized spacial score (nSPS) is 11.8. The standard InChI is InChI=1S/C25H17FN4O4S/c26-16-8-11-18-21(12-16)35-25(28-18)27-17-9-6-14(7-10-17)19-13-20(34-30-19)23(31)29-22(24(32)33)15-4-2-1-3-5-15/h1-13,22H,(H,27,28)(H,29,31)(H,32,33)/t22-/m0/s1. The van der Waals surface area contributed by atoms with Gasteiger partial charge in [-0.15, -0.1) is 0 Å². The van der Waals surface area contributed by atoms with Gasteiger partial charge in [0.1, 0.15) is 11.5 Å². The fourth-order valence-corrected chi connectivity index (χ4v) is 4.36. The first-order chi connectivity index (χ1) is 17.0.